The first-order valence-corrected chi connectivity index (χ1v) is 8.81. The van der Waals surface area contributed by atoms with Gasteiger partial charge in [0.25, 0.3) is 0 Å². The normalized spacial score (nSPS) is 17.3. The Hall–Kier alpha value is -0.780. The maximum Gasteiger partial charge on any atom is 0.240 e. The lowest BCUT2D eigenvalue weighted by molar-refractivity contribution is 0.357. The molecule has 20 heavy (non-hydrogen) atoms. The van der Waals surface area contributed by atoms with Crippen molar-refractivity contribution in [2.75, 3.05) is 12.3 Å². The molecule has 6 heteroatoms. The number of sulfonamides is 1. The SMILES string of the molecule is Cc1c(N)cc(S(=O)(=O)NCC2CCCCC2)cc1Cl. The largest absolute Gasteiger partial charge is 0.398 e. The van der Waals surface area contributed by atoms with Gasteiger partial charge in [0.05, 0.1) is 4.90 Å². The van der Waals surface area contributed by atoms with Gasteiger partial charge in [-0.25, -0.2) is 13.1 Å². The van der Waals surface area contributed by atoms with Crippen LogP contribution >= 0.6 is 11.6 Å². The second-order valence-corrected chi connectivity index (χ2v) is 7.65. The van der Waals surface area contributed by atoms with Crippen LogP contribution < -0.4 is 10.5 Å². The Bertz CT molecular complexity index is 558. The van der Waals surface area contributed by atoms with Crippen molar-refractivity contribution in [3.05, 3.63) is 22.7 Å². The fraction of sp³-hybridized carbons (Fsp3) is 0.571. The molecule has 0 unspecified atom stereocenters. The van der Waals surface area contributed by atoms with E-state index in [4.69, 9.17) is 17.3 Å². The van der Waals surface area contributed by atoms with Gasteiger partial charge in [-0.2, -0.15) is 0 Å². The molecule has 0 aliphatic heterocycles. The Kier molecular flexibility index (Phi) is 4.94. The maximum absolute atomic E-state index is 12.3. The molecule has 0 bridgehead atoms. The van der Waals surface area contributed by atoms with Crippen molar-refractivity contribution in [1.29, 1.82) is 0 Å². The van der Waals surface area contributed by atoms with Crippen molar-refractivity contribution >= 4 is 27.3 Å². The van der Waals surface area contributed by atoms with E-state index in [9.17, 15) is 8.42 Å². The lowest BCUT2D eigenvalue weighted by Crippen LogP contribution is -2.30. The van der Waals surface area contributed by atoms with E-state index in [1.807, 2.05) is 0 Å². The summed E-state index contributed by atoms with van der Waals surface area (Å²) in [5.41, 5.74) is 6.89. The van der Waals surface area contributed by atoms with Crippen molar-refractivity contribution in [3.8, 4) is 0 Å². The number of nitrogen functional groups attached to an aromatic ring is 1. The number of rotatable bonds is 4. The highest BCUT2D eigenvalue weighted by Gasteiger charge is 2.20. The molecule has 3 N–H and O–H groups in total. The standard InChI is InChI=1S/C14H21ClN2O2S/c1-10-13(15)7-12(8-14(10)16)20(18,19)17-9-11-5-3-2-4-6-11/h7-8,11,17H,2-6,9,16H2,1H3. The van der Waals surface area contributed by atoms with Crippen LogP contribution in [-0.4, -0.2) is 15.0 Å². The molecule has 1 aromatic rings. The van der Waals surface area contributed by atoms with E-state index in [2.05, 4.69) is 4.72 Å². The fourth-order valence-corrected chi connectivity index (χ4v) is 4.00. The van der Waals surface area contributed by atoms with Crippen molar-refractivity contribution in [3.63, 3.8) is 0 Å². The Morgan fingerprint density at radius 2 is 1.95 bits per heavy atom. The Labute approximate surface area is 125 Å². The van der Waals surface area contributed by atoms with E-state index in [1.54, 1.807) is 6.92 Å². The van der Waals surface area contributed by atoms with Crippen LogP contribution in [0.1, 0.15) is 37.7 Å². The average Bonchev–Trinajstić information content (AvgIpc) is 2.43. The first kappa shape index (κ1) is 15.6. The van der Waals surface area contributed by atoms with Crippen LogP contribution in [0.2, 0.25) is 5.02 Å². The lowest BCUT2D eigenvalue weighted by Gasteiger charge is -2.21. The number of hydrogen-bond donors (Lipinski definition) is 2. The van der Waals surface area contributed by atoms with Crippen LogP contribution in [0.5, 0.6) is 0 Å². The number of nitrogens with one attached hydrogen (secondary N) is 1. The van der Waals surface area contributed by atoms with Gasteiger partial charge >= 0.3 is 0 Å². The Morgan fingerprint density at radius 1 is 1.30 bits per heavy atom. The van der Waals surface area contributed by atoms with Crippen molar-refractivity contribution in [2.24, 2.45) is 5.92 Å². The molecule has 0 radical (unpaired) electrons. The van der Waals surface area contributed by atoms with Gasteiger partial charge in [0.15, 0.2) is 0 Å². The molecule has 0 aromatic heterocycles. The van der Waals surface area contributed by atoms with Gasteiger partial charge in [0, 0.05) is 17.3 Å². The summed E-state index contributed by atoms with van der Waals surface area (Å²) in [7, 11) is -3.54. The highest BCUT2D eigenvalue weighted by Crippen LogP contribution is 2.27. The Morgan fingerprint density at radius 3 is 2.55 bits per heavy atom. The predicted octanol–water partition coefficient (Wildman–Crippen LogP) is 3.09. The third-order valence-corrected chi connectivity index (χ3v) is 5.75. The summed E-state index contributed by atoms with van der Waals surface area (Å²) in [4.78, 5) is 0.140. The third-order valence-electron chi connectivity index (χ3n) is 3.96. The molecule has 1 fully saturated rings. The monoisotopic (exact) mass is 316 g/mol. The predicted molar refractivity (Wildman–Crippen MR) is 82.4 cm³/mol. The quantitative estimate of drug-likeness (QED) is 0.838. The minimum atomic E-state index is -3.54. The zero-order chi connectivity index (χ0) is 14.8. The molecule has 0 saturated heterocycles. The summed E-state index contributed by atoms with van der Waals surface area (Å²) in [5.74, 6) is 0.441. The van der Waals surface area contributed by atoms with Crippen LogP contribution in [0.25, 0.3) is 0 Å². The molecule has 0 heterocycles. The van der Waals surface area contributed by atoms with Crippen molar-refractivity contribution < 1.29 is 8.42 Å². The molecule has 112 valence electrons. The van der Waals surface area contributed by atoms with E-state index in [-0.39, 0.29) is 4.90 Å². The molecule has 0 atom stereocenters. The molecule has 1 aliphatic rings. The molecule has 1 aromatic carbocycles. The van der Waals surface area contributed by atoms with Gasteiger partial charge in [-0.3, -0.25) is 0 Å². The Balaban J connectivity index is 2.10. The zero-order valence-electron chi connectivity index (χ0n) is 11.7. The third kappa shape index (κ3) is 3.65. The summed E-state index contributed by atoms with van der Waals surface area (Å²) in [5, 5.41) is 0.378. The van der Waals surface area contributed by atoms with Gasteiger partial charge < -0.3 is 5.73 Å². The number of anilines is 1. The van der Waals surface area contributed by atoms with Crippen LogP contribution in [0.4, 0.5) is 5.69 Å². The van der Waals surface area contributed by atoms with E-state index >= 15 is 0 Å². The van der Waals surface area contributed by atoms with Crippen molar-refractivity contribution in [2.45, 2.75) is 43.9 Å². The fourth-order valence-electron chi connectivity index (χ4n) is 2.53. The molecule has 1 saturated carbocycles. The van der Waals surface area contributed by atoms with Crippen LogP contribution in [0.15, 0.2) is 17.0 Å². The molecule has 4 nitrogen and oxygen atoms in total. The number of nitrogens with two attached hydrogens (primary N) is 1. The van der Waals surface area contributed by atoms with Gasteiger partial charge in [-0.15, -0.1) is 0 Å². The van der Waals surface area contributed by atoms with Crippen LogP contribution in [-0.2, 0) is 10.0 Å². The first-order valence-electron chi connectivity index (χ1n) is 6.95. The van der Waals surface area contributed by atoms with Gasteiger partial charge in [0.1, 0.15) is 0 Å². The first-order chi connectivity index (χ1) is 9.40. The van der Waals surface area contributed by atoms with E-state index in [0.717, 1.165) is 12.8 Å². The van der Waals surface area contributed by atoms with Crippen LogP contribution in [0, 0.1) is 12.8 Å². The number of halogens is 1. The summed E-state index contributed by atoms with van der Waals surface area (Å²) in [6, 6.07) is 2.92. The van der Waals surface area contributed by atoms with Gasteiger partial charge in [-0.1, -0.05) is 30.9 Å². The number of hydrogen-bond acceptors (Lipinski definition) is 3. The van der Waals surface area contributed by atoms with Gasteiger partial charge in [0.2, 0.25) is 10.0 Å². The molecular formula is C14H21ClN2O2S. The average molecular weight is 317 g/mol. The van der Waals surface area contributed by atoms with Gasteiger partial charge in [-0.05, 0) is 43.4 Å². The van der Waals surface area contributed by atoms with E-state index < -0.39 is 10.0 Å². The maximum atomic E-state index is 12.3. The van der Waals surface area contributed by atoms with E-state index in [0.29, 0.717) is 28.7 Å². The zero-order valence-corrected chi connectivity index (χ0v) is 13.2. The topological polar surface area (TPSA) is 72.2 Å². The van der Waals surface area contributed by atoms with E-state index in [1.165, 1.54) is 31.4 Å². The summed E-state index contributed by atoms with van der Waals surface area (Å²) in [6.45, 7) is 2.26. The molecule has 1 aliphatic carbocycles. The minimum absolute atomic E-state index is 0.140. The second-order valence-electron chi connectivity index (χ2n) is 5.48. The molecular weight excluding hydrogens is 296 g/mol. The summed E-state index contributed by atoms with van der Waals surface area (Å²) >= 11 is 6.00. The highest BCUT2D eigenvalue weighted by molar-refractivity contribution is 7.89. The van der Waals surface area contributed by atoms with Crippen LogP contribution in [0.3, 0.4) is 0 Å². The highest BCUT2D eigenvalue weighted by atomic mass is 35.5. The summed E-state index contributed by atoms with van der Waals surface area (Å²) in [6.07, 6.45) is 5.83. The minimum Gasteiger partial charge on any atom is -0.398 e. The smallest absolute Gasteiger partial charge is 0.240 e. The lowest BCUT2D eigenvalue weighted by atomic mass is 9.90. The molecule has 0 amide bonds. The van der Waals surface area contributed by atoms with Crippen molar-refractivity contribution in [1.82, 2.24) is 4.72 Å². The molecule has 2 rings (SSSR count). The summed E-state index contributed by atoms with van der Waals surface area (Å²) < 4.78 is 27.2. The second kappa shape index (κ2) is 6.33. The number of benzene rings is 1. The molecule has 0 spiro atoms.